The number of hydrogen-bond acceptors (Lipinski definition) is 4. The highest BCUT2D eigenvalue weighted by molar-refractivity contribution is 7.16. The zero-order chi connectivity index (χ0) is 19.3. The third kappa shape index (κ3) is 2.61. The molecule has 0 aliphatic heterocycles. The van der Waals surface area contributed by atoms with Crippen molar-refractivity contribution >= 4 is 32.7 Å². The molecule has 3 aromatic heterocycles. The van der Waals surface area contributed by atoms with Crippen molar-refractivity contribution < 1.29 is 8.78 Å². The fourth-order valence-corrected chi connectivity index (χ4v) is 4.04. The number of H-pyrrole nitrogens is 1. The Bertz CT molecular complexity index is 1370. The number of aromatic nitrogens is 4. The molecule has 5 nitrogen and oxygen atoms in total. The molecule has 5 rings (SSSR count). The van der Waals surface area contributed by atoms with Gasteiger partial charge in [0.05, 0.1) is 15.9 Å². The number of pyridine rings is 1. The molecular weight excluding hydrogens is 382 g/mol. The molecular formula is C20H12F2N4OS. The number of nitrogens with zero attached hydrogens (tertiary/aromatic N) is 3. The van der Waals surface area contributed by atoms with Gasteiger partial charge in [-0.25, -0.2) is 18.7 Å². The van der Waals surface area contributed by atoms with E-state index in [-0.39, 0.29) is 16.0 Å². The molecule has 0 saturated heterocycles. The number of benzene rings is 2. The molecule has 1 N–H and O–H groups in total. The van der Waals surface area contributed by atoms with Gasteiger partial charge in [0.1, 0.15) is 11.3 Å². The number of halogens is 2. The Balaban J connectivity index is 1.87. The van der Waals surface area contributed by atoms with Crippen LogP contribution < -0.4 is 4.87 Å². The molecule has 0 saturated carbocycles. The maximum absolute atomic E-state index is 13.5. The molecule has 0 fully saturated rings. The Morgan fingerprint density at radius 3 is 2.68 bits per heavy atom. The molecule has 0 bridgehead atoms. The second-order valence-corrected chi connectivity index (χ2v) is 7.22. The van der Waals surface area contributed by atoms with Crippen molar-refractivity contribution in [2.75, 3.05) is 0 Å². The normalized spacial score (nSPS) is 11.7. The van der Waals surface area contributed by atoms with Crippen molar-refractivity contribution in [1.29, 1.82) is 0 Å². The Morgan fingerprint density at radius 1 is 1.07 bits per heavy atom. The van der Waals surface area contributed by atoms with E-state index in [1.54, 1.807) is 10.6 Å². The summed E-state index contributed by atoms with van der Waals surface area (Å²) in [5.41, 5.74) is 2.56. The molecule has 28 heavy (non-hydrogen) atoms. The van der Waals surface area contributed by atoms with Crippen molar-refractivity contribution in [3.8, 4) is 17.1 Å². The number of rotatable bonds is 3. The zero-order valence-corrected chi connectivity index (χ0v) is 15.1. The molecule has 0 atom stereocenters. The molecule has 3 heterocycles. The minimum absolute atomic E-state index is 0.149. The van der Waals surface area contributed by atoms with E-state index >= 15 is 0 Å². The number of nitrogens with one attached hydrogen (secondary N) is 1. The maximum atomic E-state index is 13.5. The number of imidazole rings is 1. The van der Waals surface area contributed by atoms with Crippen LogP contribution in [-0.4, -0.2) is 19.5 Å². The zero-order valence-electron chi connectivity index (χ0n) is 14.3. The second kappa shape index (κ2) is 6.35. The predicted molar refractivity (Wildman–Crippen MR) is 105 cm³/mol. The molecule has 0 unspecified atom stereocenters. The van der Waals surface area contributed by atoms with Gasteiger partial charge in [0, 0.05) is 17.3 Å². The van der Waals surface area contributed by atoms with Gasteiger partial charge in [0.25, 0.3) is 6.43 Å². The first-order valence-electron chi connectivity index (χ1n) is 8.46. The van der Waals surface area contributed by atoms with E-state index in [1.807, 2.05) is 42.5 Å². The lowest BCUT2D eigenvalue weighted by molar-refractivity contribution is 0.153. The SMILES string of the molecule is O=c1[nH]c2ccc(-n3c(-c4ccccc4)nc4c(C(F)F)ccnc43)cc2s1. The first-order valence-corrected chi connectivity index (χ1v) is 9.27. The van der Waals surface area contributed by atoms with Crippen molar-refractivity contribution in [3.63, 3.8) is 0 Å². The van der Waals surface area contributed by atoms with Gasteiger partial charge in [-0.05, 0) is 24.3 Å². The molecule has 0 radical (unpaired) electrons. The molecule has 0 aliphatic carbocycles. The van der Waals surface area contributed by atoms with Gasteiger partial charge >= 0.3 is 4.87 Å². The number of aromatic amines is 1. The van der Waals surface area contributed by atoms with Crippen LogP contribution in [0.15, 0.2) is 65.6 Å². The fourth-order valence-electron chi connectivity index (χ4n) is 3.27. The fraction of sp³-hybridized carbons (Fsp3) is 0.0500. The van der Waals surface area contributed by atoms with Gasteiger partial charge in [0.2, 0.25) is 0 Å². The lowest BCUT2D eigenvalue weighted by atomic mass is 10.2. The molecule has 5 aromatic rings. The lowest BCUT2D eigenvalue weighted by Gasteiger charge is -2.09. The first kappa shape index (κ1) is 16.8. The Labute approximate surface area is 160 Å². The highest BCUT2D eigenvalue weighted by atomic mass is 32.1. The third-order valence-electron chi connectivity index (χ3n) is 4.51. The molecule has 138 valence electrons. The monoisotopic (exact) mass is 394 g/mol. The average molecular weight is 394 g/mol. The van der Waals surface area contributed by atoms with E-state index in [0.717, 1.165) is 27.1 Å². The summed E-state index contributed by atoms with van der Waals surface area (Å²) in [6.45, 7) is 0. The van der Waals surface area contributed by atoms with E-state index < -0.39 is 6.43 Å². The van der Waals surface area contributed by atoms with Crippen LogP contribution in [0.3, 0.4) is 0 Å². The molecule has 0 amide bonds. The summed E-state index contributed by atoms with van der Waals surface area (Å²) >= 11 is 1.09. The van der Waals surface area contributed by atoms with E-state index in [2.05, 4.69) is 15.0 Å². The summed E-state index contributed by atoms with van der Waals surface area (Å²) in [6, 6.07) is 16.1. The van der Waals surface area contributed by atoms with Crippen LogP contribution in [0, 0.1) is 0 Å². The van der Waals surface area contributed by atoms with Crippen LogP contribution in [-0.2, 0) is 0 Å². The topological polar surface area (TPSA) is 63.6 Å². The van der Waals surface area contributed by atoms with Crippen LogP contribution in [0.5, 0.6) is 0 Å². The highest BCUT2D eigenvalue weighted by Gasteiger charge is 2.21. The van der Waals surface area contributed by atoms with Gasteiger partial charge in [0.15, 0.2) is 5.65 Å². The Morgan fingerprint density at radius 2 is 1.89 bits per heavy atom. The van der Waals surface area contributed by atoms with Crippen molar-refractivity contribution in [2.45, 2.75) is 6.43 Å². The van der Waals surface area contributed by atoms with Gasteiger partial charge in [-0.3, -0.25) is 9.36 Å². The Kier molecular flexibility index (Phi) is 3.80. The van der Waals surface area contributed by atoms with Crippen molar-refractivity contribution in [1.82, 2.24) is 19.5 Å². The van der Waals surface area contributed by atoms with Gasteiger partial charge in [-0.1, -0.05) is 41.7 Å². The summed E-state index contributed by atoms with van der Waals surface area (Å²) < 4.78 is 29.6. The van der Waals surface area contributed by atoms with E-state index in [0.29, 0.717) is 17.2 Å². The summed E-state index contributed by atoms with van der Waals surface area (Å²) in [5, 5.41) is 0. The quantitative estimate of drug-likeness (QED) is 0.472. The Hall–Kier alpha value is -3.39. The van der Waals surface area contributed by atoms with E-state index in [9.17, 15) is 13.6 Å². The van der Waals surface area contributed by atoms with Gasteiger partial charge < -0.3 is 4.98 Å². The average Bonchev–Trinajstić information content (AvgIpc) is 3.27. The smallest absolute Gasteiger partial charge is 0.305 e. The van der Waals surface area contributed by atoms with E-state index in [4.69, 9.17) is 0 Å². The molecule has 8 heteroatoms. The standard InChI is InChI=1S/C20H12F2N4OS/c21-17(22)13-8-9-23-19-16(13)25-18(11-4-2-1-3-5-11)26(19)12-6-7-14-15(10-12)28-20(27)24-14/h1-10,17H,(H,24,27). The number of hydrogen-bond donors (Lipinski definition) is 1. The minimum Gasteiger partial charge on any atom is -0.312 e. The molecule has 0 aliphatic rings. The summed E-state index contributed by atoms with van der Waals surface area (Å²) in [7, 11) is 0. The van der Waals surface area contributed by atoms with Crippen LogP contribution in [0.2, 0.25) is 0 Å². The largest absolute Gasteiger partial charge is 0.312 e. The minimum atomic E-state index is -2.66. The van der Waals surface area contributed by atoms with Crippen molar-refractivity contribution in [3.05, 3.63) is 76.0 Å². The van der Waals surface area contributed by atoms with Gasteiger partial charge in [-0.2, -0.15) is 0 Å². The first-order chi connectivity index (χ1) is 13.6. The summed E-state index contributed by atoms with van der Waals surface area (Å²) in [6.07, 6.45) is -1.29. The van der Waals surface area contributed by atoms with Crippen LogP contribution in [0.25, 0.3) is 38.5 Å². The van der Waals surface area contributed by atoms with Crippen molar-refractivity contribution in [2.24, 2.45) is 0 Å². The number of thiazole rings is 1. The van der Waals surface area contributed by atoms with Crippen LogP contribution >= 0.6 is 11.3 Å². The number of alkyl halides is 2. The summed E-state index contributed by atoms with van der Waals surface area (Å²) in [5.74, 6) is 0.512. The molecule has 0 spiro atoms. The summed E-state index contributed by atoms with van der Waals surface area (Å²) in [4.78, 5) is 23.1. The van der Waals surface area contributed by atoms with Crippen LogP contribution in [0.4, 0.5) is 8.78 Å². The van der Waals surface area contributed by atoms with Gasteiger partial charge in [-0.15, -0.1) is 0 Å². The highest BCUT2D eigenvalue weighted by Crippen LogP contribution is 2.33. The molecule has 2 aromatic carbocycles. The maximum Gasteiger partial charge on any atom is 0.305 e. The number of fused-ring (bicyclic) bond motifs is 2. The lowest BCUT2D eigenvalue weighted by Crippen LogP contribution is -1.99. The third-order valence-corrected chi connectivity index (χ3v) is 5.35. The predicted octanol–water partition coefficient (Wildman–Crippen LogP) is 4.93. The van der Waals surface area contributed by atoms with E-state index in [1.165, 1.54) is 12.3 Å². The second-order valence-electron chi connectivity index (χ2n) is 6.20. The van der Waals surface area contributed by atoms with Crippen LogP contribution in [0.1, 0.15) is 12.0 Å².